The van der Waals surface area contributed by atoms with Crippen LogP contribution in [0, 0.1) is 5.82 Å². The third-order valence-electron chi connectivity index (χ3n) is 7.59. The Kier molecular flexibility index (Phi) is 7.56. The fourth-order valence-corrected chi connectivity index (χ4v) is 10.5. The fraction of sp³-hybridized carbons (Fsp3) is 0.355. The molecule has 40 heavy (non-hydrogen) atoms. The van der Waals surface area contributed by atoms with Gasteiger partial charge in [-0.3, -0.25) is 4.79 Å². The first kappa shape index (κ1) is 28.0. The first-order valence-electron chi connectivity index (χ1n) is 13.6. The lowest BCUT2D eigenvalue weighted by molar-refractivity contribution is -0.00549. The molecule has 2 N–H and O–H groups in total. The molecule has 5 rings (SSSR count). The van der Waals surface area contributed by atoms with Crippen LogP contribution >= 0.6 is 0 Å². The number of nitrogens with zero attached hydrogens (tertiary/aromatic N) is 2. The van der Waals surface area contributed by atoms with E-state index in [1.807, 2.05) is 55.1 Å². The Morgan fingerprint density at radius 1 is 1.05 bits per heavy atom. The summed E-state index contributed by atoms with van der Waals surface area (Å²) >= 11 is 0. The van der Waals surface area contributed by atoms with Crippen LogP contribution in [0.4, 0.5) is 10.1 Å². The highest BCUT2D eigenvalue weighted by Crippen LogP contribution is 2.40. The number of carbonyl (C=O) groups excluding carboxylic acids is 1. The van der Waals surface area contributed by atoms with Crippen molar-refractivity contribution in [3.05, 3.63) is 83.8 Å². The van der Waals surface area contributed by atoms with Gasteiger partial charge in [0.2, 0.25) is 5.58 Å². The maximum Gasteiger partial charge on any atom is 0.271 e. The second-order valence-corrected chi connectivity index (χ2v) is 15.9. The van der Waals surface area contributed by atoms with E-state index in [0.717, 1.165) is 10.4 Å². The van der Waals surface area contributed by atoms with Crippen molar-refractivity contribution >= 4 is 41.3 Å². The van der Waals surface area contributed by atoms with E-state index in [1.165, 1.54) is 0 Å². The molecular formula is C31H36FN3O4Si. The zero-order valence-electron chi connectivity index (χ0n) is 23.6. The van der Waals surface area contributed by atoms with Gasteiger partial charge >= 0.3 is 0 Å². The van der Waals surface area contributed by atoms with Crippen molar-refractivity contribution in [2.75, 3.05) is 18.0 Å². The van der Waals surface area contributed by atoms with Crippen molar-refractivity contribution in [3.8, 4) is 0 Å². The molecule has 0 spiro atoms. The Labute approximate surface area is 235 Å². The molecule has 1 saturated heterocycles. The van der Waals surface area contributed by atoms with E-state index in [4.69, 9.17) is 19.4 Å². The topological polar surface area (TPSA) is 90.8 Å². The van der Waals surface area contributed by atoms with Crippen LogP contribution in [-0.4, -0.2) is 44.7 Å². The third kappa shape index (κ3) is 4.93. The zero-order chi connectivity index (χ0) is 28.7. The predicted molar refractivity (Wildman–Crippen MR) is 157 cm³/mol. The molecule has 1 fully saturated rings. The molecule has 0 saturated carbocycles. The number of hydrogen-bond acceptors (Lipinski definition) is 6. The van der Waals surface area contributed by atoms with Gasteiger partial charge in [0.15, 0.2) is 11.5 Å². The standard InChI is InChI=1S/C31H36FN3O4Si/c1-20-17-35(18-21(2)38-20)28-22(16-25-27(30(33)36)34-39-29(25)26(28)32)19-37-40(31(3,4)5,23-12-8-6-9-13-23)24-14-10-7-11-15-24/h6-16,20-21H,17-19H2,1-5H3,(H2,33,36)/t20-,21+. The molecule has 1 aliphatic heterocycles. The number of amides is 1. The minimum Gasteiger partial charge on any atom is -0.403 e. The van der Waals surface area contributed by atoms with E-state index in [9.17, 15) is 4.79 Å². The summed E-state index contributed by atoms with van der Waals surface area (Å²) in [5, 5.41) is 6.00. The van der Waals surface area contributed by atoms with Gasteiger partial charge in [-0.2, -0.15) is 0 Å². The Bertz CT molecular complexity index is 1450. The van der Waals surface area contributed by atoms with Gasteiger partial charge in [-0.25, -0.2) is 4.39 Å². The molecule has 210 valence electrons. The van der Waals surface area contributed by atoms with E-state index >= 15 is 4.39 Å². The first-order chi connectivity index (χ1) is 19.0. The Morgan fingerprint density at radius 2 is 1.60 bits per heavy atom. The Balaban J connectivity index is 1.69. The van der Waals surface area contributed by atoms with Crippen LogP contribution in [-0.2, 0) is 15.8 Å². The van der Waals surface area contributed by atoms with Gasteiger partial charge in [-0.1, -0.05) is 86.6 Å². The average molecular weight is 562 g/mol. The number of aromatic nitrogens is 1. The summed E-state index contributed by atoms with van der Waals surface area (Å²) in [5.41, 5.74) is 6.34. The smallest absolute Gasteiger partial charge is 0.271 e. The van der Waals surface area contributed by atoms with Gasteiger partial charge in [0, 0.05) is 18.7 Å². The van der Waals surface area contributed by atoms with Crippen molar-refractivity contribution in [2.24, 2.45) is 5.73 Å². The summed E-state index contributed by atoms with van der Waals surface area (Å²) in [6.07, 6.45) is -0.194. The fourth-order valence-electron chi connectivity index (χ4n) is 6.02. The lowest BCUT2D eigenvalue weighted by Gasteiger charge is -2.43. The van der Waals surface area contributed by atoms with Crippen LogP contribution in [0.5, 0.6) is 0 Å². The molecule has 0 unspecified atom stereocenters. The van der Waals surface area contributed by atoms with Gasteiger partial charge in [-0.15, -0.1) is 0 Å². The minimum atomic E-state index is -2.93. The van der Waals surface area contributed by atoms with Crippen molar-refractivity contribution in [3.63, 3.8) is 0 Å². The predicted octanol–water partition coefficient (Wildman–Crippen LogP) is 4.76. The average Bonchev–Trinajstić information content (AvgIpc) is 3.34. The van der Waals surface area contributed by atoms with Crippen LogP contribution in [0.2, 0.25) is 5.04 Å². The number of halogens is 1. The monoisotopic (exact) mass is 561 g/mol. The SMILES string of the molecule is C[C@@H]1CN(c2c(CO[Si](c3ccccc3)(c3ccccc3)C(C)(C)C)cc3c(C(N)=O)noc3c2F)C[C@H](C)O1. The Morgan fingerprint density at radius 3 is 2.10 bits per heavy atom. The van der Waals surface area contributed by atoms with Crippen molar-refractivity contribution < 1.29 is 22.9 Å². The number of fused-ring (bicyclic) bond motifs is 1. The molecule has 1 aromatic heterocycles. The summed E-state index contributed by atoms with van der Waals surface area (Å²) in [6, 6.07) is 22.3. The second kappa shape index (κ2) is 10.8. The number of anilines is 1. The summed E-state index contributed by atoms with van der Waals surface area (Å²) in [7, 11) is -2.93. The summed E-state index contributed by atoms with van der Waals surface area (Å²) < 4.78 is 34.7. The van der Waals surface area contributed by atoms with Gasteiger partial charge in [-0.05, 0) is 35.3 Å². The molecule has 2 atom stereocenters. The van der Waals surface area contributed by atoms with Crippen molar-refractivity contribution in [1.29, 1.82) is 0 Å². The number of hydrogen-bond donors (Lipinski definition) is 1. The third-order valence-corrected chi connectivity index (χ3v) is 12.6. The number of primary amides is 1. The number of ether oxygens (including phenoxy) is 1. The van der Waals surface area contributed by atoms with Gasteiger partial charge in [0.25, 0.3) is 14.2 Å². The molecule has 1 aliphatic rings. The number of rotatable bonds is 7. The molecule has 3 aromatic carbocycles. The normalized spacial score (nSPS) is 18.3. The molecule has 1 amide bonds. The second-order valence-electron chi connectivity index (χ2n) is 11.6. The largest absolute Gasteiger partial charge is 0.403 e. The van der Waals surface area contributed by atoms with E-state index < -0.39 is 20.0 Å². The maximum absolute atomic E-state index is 16.3. The minimum absolute atomic E-state index is 0.0928. The van der Waals surface area contributed by atoms with Crippen LogP contribution in [0.15, 0.2) is 71.3 Å². The van der Waals surface area contributed by atoms with Crippen LogP contribution < -0.4 is 21.0 Å². The highest BCUT2D eigenvalue weighted by molar-refractivity contribution is 6.99. The van der Waals surface area contributed by atoms with Crippen molar-refractivity contribution in [1.82, 2.24) is 5.16 Å². The van der Waals surface area contributed by atoms with Gasteiger partial charge < -0.3 is 24.3 Å². The Hall–Kier alpha value is -3.53. The summed E-state index contributed by atoms with van der Waals surface area (Å²) in [6.45, 7) is 11.6. The molecule has 0 aliphatic carbocycles. The summed E-state index contributed by atoms with van der Waals surface area (Å²) in [5.74, 6) is -1.36. The number of benzene rings is 3. The van der Waals surface area contributed by atoms with E-state index in [1.54, 1.807) is 6.07 Å². The molecule has 7 nitrogen and oxygen atoms in total. The van der Waals surface area contributed by atoms with E-state index in [0.29, 0.717) is 24.3 Å². The highest BCUT2D eigenvalue weighted by Gasteiger charge is 2.50. The molecular weight excluding hydrogens is 525 g/mol. The molecule has 2 heterocycles. The van der Waals surface area contributed by atoms with Crippen LogP contribution in [0.25, 0.3) is 11.0 Å². The quantitative estimate of drug-likeness (QED) is 0.328. The van der Waals surface area contributed by atoms with Crippen molar-refractivity contribution in [2.45, 2.75) is 58.5 Å². The first-order valence-corrected chi connectivity index (χ1v) is 15.5. The lowest BCUT2D eigenvalue weighted by Crippen LogP contribution is -2.66. The van der Waals surface area contributed by atoms with Crippen LogP contribution in [0.1, 0.15) is 50.7 Å². The molecule has 9 heteroatoms. The summed E-state index contributed by atoms with van der Waals surface area (Å²) in [4.78, 5) is 14.1. The van der Waals surface area contributed by atoms with Gasteiger partial charge in [0.05, 0.1) is 29.9 Å². The van der Waals surface area contributed by atoms with E-state index in [2.05, 4.69) is 50.2 Å². The molecule has 0 bridgehead atoms. The number of nitrogens with two attached hydrogens (primary N) is 1. The zero-order valence-corrected chi connectivity index (χ0v) is 24.6. The number of carbonyl (C=O) groups is 1. The maximum atomic E-state index is 16.3. The molecule has 0 radical (unpaired) electrons. The number of morpholine rings is 1. The van der Waals surface area contributed by atoms with Gasteiger partial charge in [0.1, 0.15) is 0 Å². The molecule has 4 aromatic rings. The van der Waals surface area contributed by atoms with Crippen LogP contribution in [0.3, 0.4) is 0 Å². The highest BCUT2D eigenvalue weighted by atomic mass is 28.4. The lowest BCUT2D eigenvalue weighted by atomic mass is 10.1. The van der Waals surface area contributed by atoms with E-state index in [-0.39, 0.29) is 40.5 Å².